The third kappa shape index (κ3) is 3.10. The Bertz CT molecular complexity index is 609. The van der Waals surface area contributed by atoms with Gasteiger partial charge >= 0.3 is 6.03 Å². The van der Waals surface area contributed by atoms with Gasteiger partial charge in [0.05, 0.1) is 24.8 Å². The molecule has 2 unspecified atom stereocenters. The van der Waals surface area contributed by atoms with Crippen LogP contribution in [0.4, 0.5) is 15.0 Å². The van der Waals surface area contributed by atoms with E-state index >= 15 is 0 Å². The molecule has 2 atom stereocenters. The summed E-state index contributed by atoms with van der Waals surface area (Å²) in [5, 5.41) is 6.13. The van der Waals surface area contributed by atoms with E-state index in [1.54, 1.807) is 12.3 Å². The van der Waals surface area contributed by atoms with Crippen molar-refractivity contribution in [3.8, 4) is 0 Å². The van der Waals surface area contributed by atoms with Gasteiger partial charge in [0.15, 0.2) is 11.6 Å². The topological polar surface area (TPSA) is 66.5 Å². The van der Waals surface area contributed by atoms with Crippen LogP contribution in [0.2, 0.25) is 0 Å². The largest absolute Gasteiger partial charge is 0.371 e. The minimum absolute atomic E-state index is 0.0140. The van der Waals surface area contributed by atoms with E-state index in [-0.39, 0.29) is 29.3 Å². The average molecular weight is 320 g/mol. The third-order valence-corrected chi connectivity index (χ3v) is 4.82. The maximum atomic E-state index is 13.7. The zero-order valence-electron chi connectivity index (χ0n) is 12.9. The number of rotatable bonds is 3. The van der Waals surface area contributed by atoms with E-state index < -0.39 is 0 Å². The molecule has 1 aromatic heterocycles. The fourth-order valence-corrected chi connectivity index (χ4v) is 3.42. The molecule has 124 valence electrons. The summed E-state index contributed by atoms with van der Waals surface area (Å²) in [6.07, 6.45) is 5.33. The molecule has 7 heteroatoms. The second-order valence-electron chi connectivity index (χ2n) is 6.77. The van der Waals surface area contributed by atoms with Gasteiger partial charge in [-0.25, -0.2) is 14.2 Å². The number of pyridine rings is 1. The molecule has 1 saturated carbocycles. The maximum Gasteiger partial charge on any atom is 0.317 e. The van der Waals surface area contributed by atoms with Gasteiger partial charge in [-0.05, 0) is 31.4 Å². The van der Waals surface area contributed by atoms with Gasteiger partial charge in [-0.3, -0.25) is 0 Å². The summed E-state index contributed by atoms with van der Waals surface area (Å²) < 4.78 is 19.7. The number of likely N-dealkylation sites (tertiary alicyclic amines) is 1. The van der Waals surface area contributed by atoms with Gasteiger partial charge in [-0.15, -0.1) is 0 Å². The van der Waals surface area contributed by atoms with Gasteiger partial charge in [0.25, 0.3) is 0 Å². The zero-order valence-corrected chi connectivity index (χ0v) is 12.9. The number of carbonyl (C=O) groups excluding carboxylic acids is 1. The molecule has 6 nitrogen and oxygen atoms in total. The van der Waals surface area contributed by atoms with Crippen molar-refractivity contribution in [2.75, 3.05) is 25.0 Å². The molecular formula is C16H21FN4O2. The van der Waals surface area contributed by atoms with Crippen molar-refractivity contribution in [3.63, 3.8) is 0 Å². The van der Waals surface area contributed by atoms with E-state index in [1.165, 1.54) is 6.07 Å². The van der Waals surface area contributed by atoms with Crippen molar-refractivity contribution < 1.29 is 13.9 Å². The first-order valence-electron chi connectivity index (χ1n) is 8.20. The molecule has 3 aliphatic rings. The summed E-state index contributed by atoms with van der Waals surface area (Å²) in [5.74, 6) is -0.0928. The Labute approximate surface area is 134 Å². The lowest BCUT2D eigenvalue weighted by molar-refractivity contribution is 0.0150. The quantitative estimate of drug-likeness (QED) is 0.890. The molecule has 2 aliphatic heterocycles. The highest BCUT2D eigenvalue weighted by atomic mass is 19.1. The van der Waals surface area contributed by atoms with Gasteiger partial charge in [0.1, 0.15) is 0 Å². The van der Waals surface area contributed by atoms with Crippen molar-refractivity contribution in [2.24, 2.45) is 0 Å². The molecule has 2 amide bonds. The lowest BCUT2D eigenvalue weighted by Gasteiger charge is -2.23. The van der Waals surface area contributed by atoms with Crippen molar-refractivity contribution >= 4 is 11.8 Å². The lowest BCUT2D eigenvalue weighted by atomic mass is 9.97. The van der Waals surface area contributed by atoms with Crippen LogP contribution < -0.4 is 10.6 Å². The molecule has 2 saturated heterocycles. The molecule has 0 bridgehead atoms. The summed E-state index contributed by atoms with van der Waals surface area (Å²) in [4.78, 5) is 18.0. The number of anilines is 1. The number of hydrogen-bond donors (Lipinski definition) is 2. The average Bonchev–Trinajstić information content (AvgIpc) is 3.12. The summed E-state index contributed by atoms with van der Waals surface area (Å²) in [6.45, 7) is 1.83. The van der Waals surface area contributed by atoms with Crippen molar-refractivity contribution in [1.29, 1.82) is 0 Å². The first-order chi connectivity index (χ1) is 11.1. The van der Waals surface area contributed by atoms with Crippen molar-refractivity contribution in [1.82, 2.24) is 15.2 Å². The summed E-state index contributed by atoms with van der Waals surface area (Å²) >= 11 is 0. The fourth-order valence-electron chi connectivity index (χ4n) is 3.42. The van der Waals surface area contributed by atoms with Crippen LogP contribution in [0.5, 0.6) is 0 Å². The highest BCUT2D eigenvalue weighted by Crippen LogP contribution is 2.36. The monoisotopic (exact) mass is 320 g/mol. The number of nitrogens with one attached hydrogen (secondary N) is 2. The fraction of sp³-hybridized carbons (Fsp3) is 0.625. The van der Waals surface area contributed by atoms with Crippen LogP contribution >= 0.6 is 0 Å². The van der Waals surface area contributed by atoms with Crippen LogP contribution in [0.1, 0.15) is 25.7 Å². The molecule has 1 spiro atoms. The van der Waals surface area contributed by atoms with Gasteiger partial charge in [0.2, 0.25) is 0 Å². The molecule has 4 rings (SSSR count). The smallest absolute Gasteiger partial charge is 0.317 e. The molecular weight excluding hydrogens is 299 g/mol. The van der Waals surface area contributed by atoms with Gasteiger partial charge in [-0.1, -0.05) is 0 Å². The Morgan fingerprint density at radius 1 is 1.43 bits per heavy atom. The third-order valence-electron chi connectivity index (χ3n) is 4.82. The Balaban J connectivity index is 1.34. The molecule has 23 heavy (non-hydrogen) atoms. The number of amides is 2. The lowest BCUT2D eigenvalue weighted by Crippen LogP contribution is -2.42. The highest BCUT2D eigenvalue weighted by molar-refractivity contribution is 5.75. The number of carbonyl (C=O) groups is 1. The van der Waals surface area contributed by atoms with Crippen LogP contribution in [0, 0.1) is 5.82 Å². The number of hydrogen-bond acceptors (Lipinski definition) is 4. The Kier molecular flexibility index (Phi) is 3.60. The minimum atomic E-state index is -0.356. The van der Waals surface area contributed by atoms with Crippen molar-refractivity contribution in [2.45, 2.75) is 43.4 Å². The second kappa shape index (κ2) is 5.63. The van der Waals surface area contributed by atoms with Gasteiger partial charge < -0.3 is 20.3 Å². The van der Waals surface area contributed by atoms with E-state index in [0.717, 1.165) is 25.7 Å². The van der Waals surface area contributed by atoms with Crippen LogP contribution in [0.3, 0.4) is 0 Å². The Hall–Kier alpha value is -1.89. The first kappa shape index (κ1) is 14.7. The van der Waals surface area contributed by atoms with E-state index in [2.05, 4.69) is 15.6 Å². The number of ether oxygens (including phenoxy) is 1. The predicted molar refractivity (Wildman–Crippen MR) is 82.6 cm³/mol. The summed E-state index contributed by atoms with van der Waals surface area (Å²) in [7, 11) is 0. The van der Waals surface area contributed by atoms with E-state index in [1.807, 2.05) is 4.90 Å². The van der Waals surface area contributed by atoms with Crippen LogP contribution in [-0.4, -0.2) is 53.3 Å². The standard InChI is InChI=1S/C16H21FN4O2/c17-13-2-1-6-18-14(13)19-12-8-16(23-9-12)5-7-21(10-16)15(22)20-11-3-4-11/h1-2,6,11-12H,3-5,7-10H2,(H,18,19)(H,20,22). The van der Waals surface area contributed by atoms with E-state index in [4.69, 9.17) is 4.74 Å². The second-order valence-corrected chi connectivity index (χ2v) is 6.77. The minimum Gasteiger partial charge on any atom is -0.371 e. The SMILES string of the molecule is O=C(NC1CC1)N1CCC2(CC(Nc3ncccc3F)CO2)C1. The number of aromatic nitrogens is 1. The first-order valence-corrected chi connectivity index (χ1v) is 8.20. The van der Waals surface area contributed by atoms with Crippen LogP contribution in [0.25, 0.3) is 0 Å². The number of urea groups is 1. The highest BCUT2D eigenvalue weighted by Gasteiger charge is 2.47. The van der Waals surface area contributed by atoms with E-state index in [0.29, 0.717) is 25.7 Å². The molecule has 1 aromatic rings. The molecule has 0 aromatic carbocycles. The molecule has 3 heterocycles. The van der Waals surface area contributed by atoms with Gasteiger partial charge in [-0.2, -0.15) is 0 Å². The predicted octanol–water partition coefficient (Wildman–Crippen LogP) is 1.74. The molecule has 0 radical (unpaired) electrons. The van der Waals surface area contributed by atoms with E-state index in [9.17, 15) is 9.18 Å². The normalized spacial score (nSPS) is 30.0. The summed E-state index contributed by atoms with van der Waals surface area (Å²) in [5.41, 5.74) is -0.302. The van der Waals surface area contributed by atoms with Crippen molar-refractivity contribution in [3.05, 3.63) is 24.1 Å². The Morgan fingerprint density at radius 2 is 2.30 bits per heavy atom. The summed E-state index contributed by atoms with van der Waals surface area (Å²) in [6, 6.07) is 3.36. The van der Waals surface area contributed by atoms with Crippen LogP contribution in [0.15, 0.2) is 18.3 Å². The Morgan fingerprint density at radius 3 is 3.09 bits per heavy atom. The van der Waals surface area contributed by atoms with Crippen LogP contribution in [-0.2, 0) is 4.74 Å². The molecule has 1 aliphatic carbocycles. The van der Waals surface area contributed by atoms with Gasteiger partial charge in [0, 0.05) is 25.2 Å². The maximum absolute atomic E-state index is 13.7. The molecule has 2 N–H and O–H groups in total. The molecule has 3 fully saturated rings. The zero-order chi connectivity index (χ0) is 15.9. The number of nitrogens with zero attached hydrogens (tertiary/aromatic N) is 2. The number of halogens is 1.